The minimum absolute atomic E-state index is 0.184. The third-order valence-corrected chi connectivity index (χ3v) is 1.69. The summed E-state index contributed by atoms with van der Waals surface area (Å²) in [6.45, 7) is 1.95. The number of carbonyl (C=O) groups is 1. The van der Waals surface area contributed by atoms with Gasteiger partial charge in [0.25, 0.3) is 0 Å². The van der Waals surface area contributed by atoms with E-state index >= 15 is 0 Å². The van der Waals surface area contributed by atoms with Gasteiger partial charge in [0.2, 0.25) is 0 Å². The standard InChI is InChI=1S/C6H8F3NO2/c1-3-4(2-10-3)12-5(11)6(7,8)9/h3-4,10H,2H2,1H3/t3-,4+/m0/s1. The van der Waals surface area contributed by atoms with Gasteiger partial charge in [0.05, 0.1) is 0 Å². The molecule has 1 heterocycles. The molecule has 0 radical (unpaired) electrons. The minimum atomic E-state index is -4.88. The smallest absolute Gasteiger partial charge is 0.453 e. The van der Waals surface area contributed by atoms with E-state index in [1.54, 1.807) is 6.92 Å². The predicted molar refractivity (Wildman–Crippen MR) is 33.4 cm³/mol. The van der Waals surface area contributed by atoms with Gasteiger partial charge in [-0.1, -0.05) is 0 Å². The number of hydrogen-bond acceptors (Lipinski definition) is 3. The molecule has 0 saturated carbocycles. The lowest BCUT2D eigenvalue weighted by molar-refractivity contribution is -0.208. The van der Waals surface area contributed by atoms with E-state index < -0.39 is 18.2 Å². The van der Waals surface area contributed by atoms with Crippen LogP contribution in [0.3, 0.4) is 0 Å². The summed E-state index contributed by atoms with van der Waals surface area (Å²) in [6.07, 6.45) is -5.52. The van der Waals surface area contributed by atoms with Crippen LogP contribution in [0.1, 0.15) is 6.92 Å². The quantitative estimate of drug-likeness (QED) is 0.600. The van der Waals surface area contributed by atoms with Gasteiger partial charge in [-0.3, -0.25) is 0 Å². The van der Waals surface area contributed by atoms with Crippen LogP contribution in [0.2, 0.25) is 0 Å². The molecule has 0 aromatic heterocycles. The maximum Gasteiger partial charge on any atom is 0.490 e. The number of nitrogens with one attached hydrogen (secondary N) is 1. The summed E-state index contributed by atoms with van der Waals surface area (Å²) in [5.74, 6) is -2.11. The number of rotatable bonds is 1. The maximum atomic E-state index is 11.6. The van der Waals surface area contributed by atoms with Crippen molar-refractivity contribution < 1.29 is 22.7 Å². The molecule has 0 spiro atoms. The Morgan fingerprint density at radius 3 is 2.42 bits per heavy atom. The molecule has 12 heavy (non-hydrogen) atoms. The molecule has 70 valence electrons. The molecule has 0 bridgehead atoms. The third-order valence-electron chi connectivity index (χ3n) is 1.69. The number of halogens is 3. The van der Waals surface area contributed by atoms with Crippen molar-refractivity contribution in [3.8, 4) is 0 Å². The van der Waals surface area contributed by atoms with Crippen LogP contribution in [0, 0.1) is 0 Å². The SMILES string of the molecule is C[C@@H]1NC[C@H]1OC(=O)C(F)(F)F. The van der Waals surface area contributed by atoms with Crippen LogP contribution in [-0.4, -0.2) is 30.8 Å². The van der Waals surface area contributed by atoms with E-state index in [9.17, 15) is 18.0 Å². The van der Waals surface area contributed by atoms with Crippen molar-refractivity contribution in [1.29, 1.82) is 0 Å². The molecule has 1 rings (SSSR count). The summed E-state index contributed by atoms with van der Waals surface area (Å²) in [7, 11) is 0. The molecule has 1 aliphatic heterocycles. The zero-order valence-electron chi connectivity index (χ0n) is 6.31. The van der Waals surface area contributed by atoms with E-state index in [0.29, 0.717) is 6.54 Å². The van der Waals surface area contributed by atoms with Gasteiger partial charge in [-0.2, -0.15) is 13.2 Å². The first-order valence-electron chi connectivity index (χ1n) is 3.42. The lowest BCUT2D eigenvalue weighted by Gasteiger charge is -2.34. The highest BCUT2D eigenvalue weighted by atomic mass is 19.4. The van der Waals surface area contributed by atoms with Gasteiger partial charge in [0, 0.05) is 12.6 Å². The highest BCUT2D eigenvalue weighted by molar-refractivity contribution is 5.75. The molecule has 3 nitrogen and oxygen atoms in total. The van der Waals surface area contributed by atoms with Gasteiger partial charge in [-0.05, 0) is 6.92 Å². The molecule has 1 aliphatic rings. The molecular formula is C6H8F3NO2. The summed E-state index contributed by atoms with van der Waals surface area (Å²) in [6, 6.07) is -0.184. The van der Waals surface area contributed by atoms with Crippen molar-refractivity contribution in [3.05, 3.63) is 0 Å². The first-order chi connectivity index (χ1) is 5.41. The highest BCUT2D eigenvalue weighted by Gasteiger charge is 2.44. The van der Waals surface area contributed by atoms with Crippen LogP contribution in [0.25, 0.3) is 0 Å². The summed E-state index contributed by atoms with van der Waals surface area (Å²) < 4.78 is 38.9. The van der Waals surface area contributed by atoms with E-state index in [1.165, 1.54) is 0 Å². The average molecular weight is 183 g/mol. The Labute approximate surface area is 66.9 Å². The molecule has 1 saturated heterocycles. The molecule has 2 atom stereocenters. The molecule has 0 unspecified atom stereocenters. The molecule has 0 aromatic carbocycles. The Bertz CT molecular complexity index is 192. The van der Waals surface area contributed by atoms with Crippen molar-refractivity contribution in [2.45, 2.75) is 25.2 Å². The summed E-state index contributed by atoms with van der Waals surface area (Å²) in [5, 5.41) is 2.77. The Balaban J connectivity index is 2.36. The van der Waals surface area contributed by atoms with Gasteiger partial charge in [-0.15, -0.1) is 0 Å². The van der Waals surface area contributed by atoms with E-state index in [4.69, 9.17) is 0 Å². The fraction of sp³-hybridized carbons (Fsp3) is 0.833. The number of ether oxygens (including phenoxy) is 1. The van der Waals surface area contributed by atoms with Crippen LogP contribution in [-0.2, 0) is 9.53 Å². The summed E-state index contributed by atoms with van der Waals surface area (Å²) in [4.78, 5) is 10.2. The number of alkyl halides is 3. The van der Waals surface area contributed by atoms with Crippen LogP contribution < -0.4 is 5.32 Å². The second kappa shape index (κ2) is 2.93. The molecule has 6 heteroatoms. The maximum absolute atomic E-state index is 11.6. The van der Waals surface area contributed by atoms with E-state index in [2.05, 4.69) is 10.1 Å². The molecule has 0 amide bonds. The number of hydrogen-bond donors (Lipinski definition) is 1. The first-order valence-corrected chi connectivity index (χ1v) is 3.42. The van der Waals surface area contributed by atoms with E-state index in [-0.39, 0.29) is 6.04 Å². The Morgan fingerprint density at radius 2 is 2.17 bits per heavy atom. The van der Waals surface area contributed by atoms with Crippen LogP contribution in [0.15, 0.2) is 0 Å². The zero-order valence-corrected chi connectivity index (χ0v) is 6.31. The van der Waals surface area contributed by atoms with Crippen molar-refractivity contribution in [3.63, 3.8) is 0 Å². The largest absolute Gasteiger partial charge is 0.490 e. The van der Waals surface area contributed by atoms with Crippen molar-refractivity contribution >= 4 is 5.97 Å². The zero-order chi connectivity index (χ0) is 9.35. The van der Waals surface area contributed by atoms with Gasteiger partial charge >= 0.3 is 12.1 Å². The van der Waals surface area contributed by atoms with E-state index in [0.717, 1.165) is 0 Å². The van der Waals surface area contributed by atoms with Gasteiger partial charge in [0.1, 0.15) is 6.10 Å². The lowest BCUT2D eigenvalue weighted by atomic mass is 10.1. The minimum Gasteiger partial charge on any atom is -0.453 e. The van der Waals surface area contributed by atoms with Gasteiger partial charge < -0.3 is 10.1 Å². The van der Waals surface area contributed by atoms with Crippen molar-refractivity contribution in [2.75, 3.05) is 6.54 Å². The van der Waals surface area contributed by atoms with Crippen molar-refractivity contribution in [1.82, 2.24) is 5.32 Å². The third kappa shape index (κ3) is 1.88. The van der Waals surface area contributed by atoms with Crippen LogP contribution in [0.5, 0.6) is 0 Å². The van der Waals surface area contributed by atoms with E-state index in [1.807, 2.05) is 0 Å². The van der Waals surface area contributed by atoms with Crippen LogP contribution >= 0.6 is 0 Å². The predicted octanol–water partition coefficient (Wildman–Crippen LogP) is 0.452. The molecule has 0 aliphatic carbocycles. The Kier molecular flexibility index (Phi) is 2.27. The molecule has 1 N–H and O–H groups in total. The monoisotopic (exact) mass is 183 g/mol. The molecular weight excluding hydrogens is 175 g/mol. The second-order valence-electron chi connectivity index (χ2n) is 2.64. The molecule has 0 aromatic rings. The van der Waals surface area contributed by atoms with Crippen molar-refractivity contribution in [2.24, 2.45) is 0 Å². The van der Waals surface area contributed by atoms with Gasteiger partial charge in [-0.25, -0.2) is 4.79 Å². The molecule has 1 fully saturated rings. The second-order valence-corrected chi connectivity index (χ2v) is 2.64. The highest BCUT2D eigenvalue weighted by Crippen LogP contribution is 2.19. The summed E-state index contributed by atoms with van der Waals surface area (Å²) >= 11 is 0. The van der Waals surface area contributed by atoms with Gasteiger partial charge in [0.15, 0.2) is 0 Å². The average Bonchev–Trinajstić information content (AvgIpc) is 1.95. The summed E-state index contributed by atoms with van der Waals surface area (Å²) in [5.41, 5.74) is 0. The Morgan fingerprint density at radius 1 is 1.58 bits per heavy atom. The fourth-order valence-electron chi connectivity index (χ4n) is 0.798. The fourth-order valence-corrected chi connectivity index (χ4v) is 0.798. The number of esters is 1. The topological polar surface area (TPSA) is 38.3 Å². The number of carbonyl (C=O) groups excluding carboxylic acids is 1. The first kappa shape index (κ1) is 9.31. The van der Waals surface area contributed by atoms with Crippen LogP contribution in [0.4, 0.5) is 13.2 Å². The Hall–Kier alpha value is -0.780. The lowest BCUT2D eigenvalue weighted by Crippen LogP contribution is -2.58. The normalized spacial score (nSPS) is 29.3.